The SMILES string of the molecule is CN(CCCN1c2ccccc2CCc2ccccc21)S(=O)(=O)c1cnc2c(c1)c(=O)n(C)c(=O)n2C. The topological polar surface area (TPSA) is 97.5 Å². The van der Waals surface area contributed by atoms with Gasteiger partial charge in [0.15, 0.2) is 0 Å². The molecule has 2 aromatic heterocycles. The Kier molecular flexibility index (Phi) is 6.47. The van der Waals surface area contributed by atoms with Crippen LogP contribution in [0.1, 0.15) is 17.5 Å². The molecule has 0 bridgehead atoms. The summed E-state index contributed by atoms with van der Waals surface area (Å²) >= 11 is 0. The van der Waals surface area contributed by atoms with Crippen molar-refractivity contribution in [3.63, 3.8) is 0 Å². The fraction of sp³-hybridized carbons (Fsp3) is 0.296. The number of anilines is 2. The van der Waals surface area contributed by atoms with Crippen molar-refractivity contribution in [2.24, 2.45) is 14.1 Å². The lowest BCUT2D eigenvalue weighted by molar-refractivity contribution is 0.463. The lowest BCUT2D eigenvalue weighted by Crippen LogP contribution is -2.37. The van der Waals surface area contributed by atoms with Crippen LogP contribution in [-0.4, -0.2) is 47.0 Å². The van der Waals surface area contributed by atoms with Gasteiger partial charge in [-0.05, 0) is 48.6 Å². The Labute approximate surface area is 215 Å². The van der Waals surface area contributed by atoms with E-state index in [0.29, 0.717) is 13.0 Å². The monoisotopic (exact) mass is 519 g/mol. The summed E-state index contributed by atoms with van der Waals surface area (Å²) in [5.41, 5.74) is 3.90. The molecule has 0 saturated carbocycles. The Bertz CT molecular complexity index is 1680. The summed E-state index contributed by atoms with van der Waals surface area (Å²) in [6, 6.07) is 18.0. The summed E-state index contributed by atoms with van der Waals surface area (Å²) in [4.78, 5) is 31.1. The van der Waals surface area contributed by atoms with Crippen molar-refractivity contribution >= 4 is 32.4 Å². The standard InChI is InChI=1S/C27H29N5O4S/c1-29(37(35,36)21-17-22-25(28-18-21)30(2)27(34)31(3)26(22)33)15-8-16-32-23-11-6-4-9-19(23)13-14-20-10-5-7-12-24(20)32/h4-7,9-12,17-18H,8,13-16H2,1-3H3. The highest BCUT2D eigenvalue weighted by Crippen LogP contribution is 2.36. The first-order valence-electron chi connectivity index (χ1n) is 12.2. The minimum absolute atomic E-state index is 0.0799. The third-order valence-electron chi connectivity index (χ3n) is 7.06. The maximum atomic E-state index is 13.4. The molecule has 0 N–H and O–H groups in total. The van der Waals surface area contributed by atoms with Crippen molar-refractivity contribution in [1.29, 1.82) is 0 Å². The Hall–Kier alpha value is -3.76. The van der Waals surface area contributed by atoms with Gasteiger partial charge in [-0.25, -0.2) is 22.5 Å². The van der Waals surface area contributed by atoms with E-state index >= 15 is 0 Å². The lowest BCUT2D eigenvalue weighted by atomic mass is 10.0. The summed E-state index contributed by atoms with van der Waals surface area (Å²) in [5.74, 6) is 0. The quantitative estimate of drug-likeness (QED) is 0.389. The molecule has 0 saturated heterocycles. The highest BCUT2D eigenvalue weighted by molar-refractivity contribution is 7.89. The van der Waals surface area contributed by atoms with E-state index in [1.54, 1.807) is 0 Å². The van der Waals surface area contributed by atoms with Gasteiger partial charge in [0.05, 0.1) is 5.39 Å². The molecule has 1 aliphatic rings. The zero-order chi connectivity index (χ0) is 26.3. The number of sulfonamides is 1. The number of aryl methyl sites for hydroxylation is 3. The third-order valence-corrected chi connectivity index (χ3v) is 8.88. The molecule has 10 heteroatoms. The molecule has 0 fully saturated rings. The van der Waals surface area contributed by atoms with E-state index < -0.39 is 21.3 Å². The first kappa shape index (κ1) is 24.9. The summed E-state index contributed by atoms with van der Waals surface area (Å²) in [6.45, 7) is 0.930. The Morgan fingerprint density at radius 2 is 1.51 bits per heavy atom. The van der Waals surface area contributed by atoms with E-state index in [0.717, 1.165) is 28.8 Å². The van der Waals surface area contributed by atoms with E-state index in [1.165, 1.54) is 53.4 Å². The molecule has 0 amide bonds. The van der Waals surface area contributed by atoms with Crippen molar-refractivity contribution in [1.82, 2.24) is 18.4 Å². The van der Waals surface area contributed by atoms with E-state index in [4.69, 9.17) is 0 Å². The molecule has 4 aromatic rings. The molecular formula is C27H29N5O4S. The Balaban J connectivity index is 1.39. The fourth-order valence-corrected chi connectivity index (χ4v) is 6.13. The van der Waals surface area contributed by atoms with Gasteiger partial charge in [0, 0.05) is 51.8 Å². The third kappa shape index (κ3) is 4.36. The molecule has 9 nitrogen and oxygen atoms in total. The number of pyridine rings is 1. The van der Waals surface area contributed by atoms with Crippen molar-refractivity contribution in [3.05, 3.63) is 92.8 Å². The molecule has 0 atom stereocenters. The second-order valence-corrected chi connectivity index (χ2v) is 11.4. The maximum Gasteiger partial charge on any atom is 0.332 e. The normalized spacial score (nSPS) is 13.5. The number of hydrogen-bond acceptors (Lipinski definition) is 6. The van der Waals surface area contributed by atoms with Crippen LogP contribution in [0.4, 0.5) is 11.4 Å². The number of rotatable bonds is 6. The summed E-state index contributed by atoms with van der Waals surface area (Å²) in [7, 11) is 0.487. The van der Waals surface area contributed by atoms with E-state index in [-0.39, 0.29) is 22.5 Å². The van der Waals surface area contributed by atoms with E-state index in [2.05, 4.69) is 46.3 Å². The van der Waals surface area contributed by atoms with Gasteiger partial charge >= 0.3 is 5.69 Å². The Morgan fingerprint density at radius 3 is 2.14 bits per heavy atom. The van der Waals surface area contributed by atoms with E-state index in [1.807, 2.05) is 12.1 Å². The molecule has 0 unspecified atom stereocenters. The van der Waals surface area contributed by atoms with Crippen LogP contribution in [0.15, 0.2) is 75.3 Å². The minimum Gasteiger partial charge on any atom is -0.341 e. The smallest absolute Gasteiger partial charge is 0.332 e. The van der Waals surface area contributed by atoms with Gasteiger partial charge in [0.25, 0.3) is 5.56 Å². The van der Waals surface area contributed by atoms with Crippen molar-refractivity contribution in [2.45, 2.75) is 24.2 Å². The number of nitrogens with zero attached hydrogens (tertiary/aromatic N) is 5. The summed E-state index contributed by atoms with van der Waals surface area (Å²) < 4.78 is 30.2. The van der Waals surface area contributed by atoms with Crippen LogP contribution >= 0.6 is 0 Å². The van der Waals surface area contributed by atoms with Gasteiger partial charge in [-0.1, -0.05) is 36.4 Å². The molecule has 192 valence electrons. The summed E-state index contributed by atoms with van der Waals surface area (Å²) in [5, 5.41) is 0.0804. The van der Waals surface area contributed by atoms with Crippen LogP contribution < -0.4 is 16.1 Å². The van der Waals surface area contributed by atoms with Gasteiger partial charge in [-0.15, -0.1) is 0 Å². The highest BCUT2D eigenvalue weighted by atomic mass is 32.2. The van der Waals surface area contributed by atoms with Crippen LogP contribution in [0.25, 0.3) is 11.0 Å². The van der Waals surface area contributed by atoms with Crippen LogP contribution in [0, 0.1) is 0 Å². The maximum absolute atomic E-state index is 13.4. The first-order valence-corrected chi connectivity index (χ1v) is 13.6. The average Bonchev–Trinajstić information content (AvgIpc) is 3.07. The van der Waals surface area contributed by atoms with Gasteiger partial charge in [0.1, 0.15) is 10.5 Å². The number of benzene rings is 2. The molecule has 0 spiro atoms. The largest absolute Gasteiger partial charge is 0.341 e. The minimum atomic E-state index is -3.90. The van der Waals surface area contributed by atoms with Crippen molar-refractivity contribution in [3.8, 4) is 0 Å². The zero-order valence-corrected chi connectivity index (χ0v) is 21.9. The molecule has 5 rings (SSSR count). The molecule has 0 aliphatic carbocycles. The summed E-state index contributed by atoms with van der Waals surface area (Å²) in [6.07, 6.45) is 3.71. The van der Waals surface area contributed by atoms with Gasteiger partial charge in [-0.3, -0.25) is 13.9 Å². The van der Waals surface area contributed by atoms with Gasteiger partial charge in [0.2, 0.25) is 10.0 Å². The fourth-order valence-electron chi connectivity index (χ4n) is 4.95. The Morgan fingerprint density at radius 1 is 0.919 bits per heavy atom. The second kappa shape index (κ2) is 9.60. The van der Waals surface area contributed by atoms with Crippen LogP contribution in [-0.2, 0) is 37.0 Å². The van der Waals surface area contributed by atoms with Gasteiger partial charge in [-0.2, -0.15) is 0 Å². The predicted molar refractivity (Wildman–Crippen MR) is 144 cm³/mol. The average molecular weight is 520 g/mol. The zero-order valence-electron chi connectivity index (χ0n) is 21.1. The first-order chi connectivity index (χ1) is 17.7. The lowest BCUT2D eigenvalue weighted by Gasteiger charge is -2.28. The highest BCUT2D eigenvalue weighted by Gasteiger charge is 2.24. The molecule has 2 aromatic carbocycles. The van der Waals surface area contributed by atoms with Crippen molar-refractivity contribution < 1.29 is 8.42 Å². The number of para-hydroxylation sites is 2. The molecule has 0 radical (unpaired) electrons. The number of hydrogen-bond donors (Lipinski definition) is 0. The molecule has 3 heterocycles. The van der Waals surface area contributed by atoms with Crippen LogP contribution in [0.3, 0.4) is 0 Å². The number of aromatic nitrogens is 3. The second-order valence-electron chi connectivity index (χ2n) is 9.34. The van der Waals surface area contributed by atoms with Crippen molar-refractivity contribution in [2.75, 3.05) is 25.0 Å². The molecule has 1 aliphatic heterocycles. The molecule has 37 heavy (non-hydrogen) atoms. The predicted octanol–water partition coefficient (Wildman–Crippen LogP) is 2.58. The number of fused-ring (bicyclic) bond motifs is 3. The molecular weight excluding hydrogens is 490 g/mol. The van der Waals surface area contributed by atoms with E-state index in [9.17, 15) is 18.0 Å². The van der Waals surface area contributed by atoms with Crippen LogP contribution in [0.5, 0.6) is 0 Å². The van der Waals surface area contributed by atoms with Gasteiger partial charge < -0.3 is 4.90 Å². The van der Waals surface area contributed by atoms with Crippen LogP contribution in [0.2, 0.25) is 0 Å².